The number of aliphatic hydroxyl groups is 1. The van der Waals surface area contributed by atoms with E-state index in [-0.39, 0.29) is 6.61 Å². The van der Waals surface area contributed by atoms with Gasteiger partial charge in [0.1, 0.15) is 0 Å². The van der Waals surface area contributed by atoms with Gasteiger partial charge in [-0.3, -0.25) is 4.98 Å². The van der Waals surface area contributed by atoms with Crippen LogP contribution in [0.25, 0.3) is 0 Å². The summed E-state index contributed by atoms with van der Waals surface area (Å²) in [6.45, 7) is 4.02. The van der Waals surface area contributed by atoms with Gasteiger partial charge in [0, 0.05) is 29.9 Å². The third kappa shape index (κ3) is 4.84. The first-order chi connectivity index (χ1) is 10.2. The molecule has 0 radical (unpaired) electrons. The van der Waals surface area contributed by atoms with E-state index in [1.807, 2.05) is 30.8 Å². The fourth-order valence-electron chi connectivity index (χ4n) is 2.16. The van der Waals surface area contributed by atoms with Crippen molar-refractivity contribution in [1.82, 2.24) is 9.88 Å². The highest BCUT2D eigenvalue weighted by Gasteiger charge is 2.06. The monoisotopic (exact) mass is 302 g/mol. The van der Waals surface area contributed by atoms with Gasteiger partial charge in [0.15, 0.2) is 0 Å². The van der Waals surface area contributed by atoms with Crippen molar-refractivity contribution in [3.63, 3.8) is 0 Å². The van der Waals surface area contributed by atoms with Gasteiger partial charge in [-0.05, 0) is 31.2 Å². The van der Waals surface area contributed by atoms with Crippen LogP contribution in [0.3, 0.4) is 0 Å². The maximum atomic E-state index is 9.24. The second-order valence-corrected chi connectivity index (χ2v) is 6.25. The summed E-state index contributed by atoms with van der Waals surface area (Å²) in [5, 5.41) is 9.24. The predicted octanol–water partition coefficient (Wildman–Crippen LogP) is 3.11. The molecule has 0 bridgehead atoms. The highest BCUT2D eigenvalue weighted by Crippen LogP contribution is 2.23. The number of nitrogens with zero attached hydrogens (tertiary/aromatic N) is 2. The fraction of sp³-hybridized carbons (Fsp3) is 0.353. The molecule has 4 heteroatoms. The van der Waals surface area contributed by atoms with Crippen molar-refractivity contribution in [1.29, 1.82) is 0 Å². The molecule has 0 aliphatic rings. The molecule has 0 saturated carbocycles. The van der Waals surface area contributed by atoms with E-state index in [0.29, 0.717) is 0 Å². The van der Waals surface area contributed by atoms with Gasteiger partial charge in [0.25, 0.3) is 0 Å². The fourth-order valence-corrected chi connectivity index (χ4v) is 3.27. The Bertz CT molecular complexity index is 560. The average Bonchev–Trinajstić information content (AvgIpc) is 2.50. The largest absolute Gasteiger partial charge is 0.390 e. The summed E-state index contributed by atoms with van der Waals surface area (Å²) < 4.78 is 0. The average molecular weight is 302 g/mol. The van der Waals surface area contributed by atoms with Gasteiger partial charge in [0.2, 0.25) is 0 Å². The standard InChI is InChI=1S/C17H22N2OS/c1-14-16(13-20)18-9-8-17(14)21-11-10-19(2)12-15-6-4-3-5-7-15/h3-9,20H,10-13H2,1-2H3. The minimum Gasteiger partial charge on any atom is -0.390 e. The van der Waals surface area contributed by atoms with Crippen molar-refractivity contribution in [2.45, 2.75) is 25.0 Å². The number of benzene rings is 1. The van der Waals surface area contributed by atoms with Crippen molar-refractivity contribution in [2.75, 3.05) is 19.3 Å². The number of rotatable bonds is 7. The molecule has 1 aromatic carbocycles. The summed E-state index contributed by atoms with van der Waals surface area (Å²) in [5.74, 6) is 1.03. The molecule has 0 amide bonds. The quantitative estimate of drug-likeness (QED) is 0.797. The van der Waals surface area contributed by atoms with Crippen LogP contribution in [-0.4, -0.2) is 34.3 Å². The lowest BCUT2D eigenvalue weighted by molar-refractivity contribution is 0.275. The first kappa shape index (κ1) is 16.0. The summed E-state index contributed by atoms with van der Waals surface area (Å²) in [7, 11) is 2.14. The molecular weight excluding hydrogens is 280 g/mol. The molecule has 21 heavy (non-hydrogen) atoms. The molecule has 2 rings (SSSR count). The Balaban J connectivity index is 1.81. The smallest absolute Gasteiger partial charge is 0.0856 e. The Kier molecular flexibility index (Phi) is 6.23. The lowest BCUT2D eigenvalue weighted by Gasteiger charge is -2.17. The second kappa shape index (κ2) is 8.17. The molecular formula is C17H22N2OS. The SMILES string of the molecule is Cc1c(SCCN(C)Cc2ccccc2)ccnc1CO. The zero-order chi connectivity index (χ0) is 15.1. The number of aliphatic hydroxyl groups excluding tert-OH is 1. The summed E-state index contributed by atoms with van der Waals surface area (Å²) in [5.41, 5.74) is 3.21. The van der Waals surface area contributed by atoms with Gasteiger partial charge in [0.05, 0.1) is 12.3 Å². The molecule has 0 fully saturated rings. The number of aromatic nitrogens is 1. The minimum absolute atomic E-state index is 0.00808. The Morgan fingerprint density at radius 1 is 1.19 bits per heavy atom. The Morgan fingerprint density at radius 3 is 2.67 bits per heavy atom. The van der Waals surface area contributed by atoms with Gasteiger partial charge in [-0.15, -0.1) is 11.8 Å². The zero-order valence-electron chi connectivity index (χ0n) is 12.6. The van der Waals surface area contributed by atoms with E-state index in [2.05, 4.69) is 41.2 Å². The first-order valence-electron chi connectivity index (χ1n) is 7.11. The summed E-state index contributed by atoms with van der Waals surface area (Å²) >= 11 is 1.82. The second-order valence-electron chi connectivity index (χ2n) is 5.11. The van der Waals surface area contributed by atoms with Crippen LogP contribution in [0.1, 0.15) is 16.8 Å². The van der Waals surface area contributed by atoms with Crippen molar-refractivity contribution in [3.05, 3.63) is 59.4 Å². The van der Waals surface area contributed by atoms with Gasteiger partial charge in [-0.1, -0.05) is 30.3 Å². The minimum atomic E-state index is 0.00808. The van der Waals surface area contributed by atoms with Crippen LogP contribution in [-0.2, 0) is 13.2 Å². The highest BCUT2D eigenvalue weighted by atomic mass is 32.2. The highest BCUT2D eigenvalue weighted by molar-refractivity contribution is 7.99. The van der Waals surface area contributed by atoms with Gasteiger partial charge >= 0.3 is 0 Å². The third-order valence-corrected chi connectivity index (χ3v) is 4.57. The third-order valence-electron chi connectivity index (χ3n) is 3.43. The molecule has 1 heterocycles. The van der Waals surface area contributed by atoms with Crippen LogP contribution in [0, 0.1) is 6.92 Å². The van der Waals surface area contributed by atoms with E-state index in [4.69, 9.17) is 0 Å². The maximum absolute atomic E-state index is 9.24. The van der Waals surface area contributed by atoms with Crippen molar-refractivity contribution in [2.24, 2.45) is 0 Å². The number of hydrogen-bond donors (Lipinski definition) is 1. The summed E-state index contributed by atoms with van der Waals surface area (Å²) in [6, 6.07) is 12.5. The molecule has 0 atom stereocenters. The van der Waals surface area contributed by atoms with Crippen molar-refractivity contribution in [3.8, 4) is 0 Å². The molecule has 112 valence electrons. The number of thioether (sulfide) groups is 1. The Hall–Kier alpha value is -1.36. The molecule has 0 aliphatic carbocycles. The van der Waals surface area contributed by atoms with Crippen LogP contribution in [0.5, 0.6) is 0 Å². The summed E-state index contributed by atoms with van der Waals surface area (Å²) in [4.78, 5) is 7.72. The topological polar surface area (TPSA) is 36.4 Å². The van der Waals surface area contributed by atoms with Crippen LogP contribution in [0.2, 0.25) is 0 Å². The van der Waals surface area contributed by atoms with Crippen molar-refractivity contribution < 1.29 is 5.11 Å². The van der Waals surface area contributed by atoms with E-state index in [1.54, 1.807) is 6.20 Å². The molecule has 3 nitrogen and oxygen atoms in total. The molecule has 0 saturated heterocycles. The zero-order valence-corrected chi connectivity index (χ0v) is 13.4. The molecule has 0 aliphatic heterocycles. The molecule has 0 spiro atoms. The van der Waals surface area contributed by atoms with Crippen LogP contribution in [0.4, 0.5) is 0 Å². The van der Waals surface area contributed by atoms with Gasteiger partial charge in [-0.2, -0.15) is 0 Å². The maximum Gasteiger partial charge on any atom is 0.0856 e. The molecule has 2 aromatic rings. The lowest BCUT2D eigenvalue weighted by Crippen LogP contribution is -2.20. The van der Waals surface area contributed by atoms with E-state index in [1.165, 1.54) is 10.5 Å². The van der Waals surface area contributed by atoms with E-state index in [0.717, 1.165) is 30.1 Å². The molecule has 1 N–H and O–H groups in total. The number of hydrogen-bond acceptors (Lipinski definition) is 4. The van der Waals surface area contributed by atoms with E-state index >= 15 is 0 Å². The van der Waals surface area contributed by atoms with Crippen LogP contribution >= 0.6 is 11.8 Å². The Morgan fingerprint density at radius 2 is 1.95 bits per heavy atom. The van der Waals surface area contributed by atoms with Crippen molar-refractivity contribution >= 4 is 11.8 Å². The normalized spacial score (nSPS) is 11.0. The van der Waals surface area contributed by atoms with E-state index in [9.17, 15) is 5.11 Å². The van der Waals surface area contributed by atoms with Gasteiger partial charge < -0.3 is 10.0 Å². The van der Waals surface area contributed by atoms with E-state index < -0.39 is 0 Å². The Labute approximate surface area is 131 Å². The lowest BCUT2D eigenvalue weighted by atomic mass is 10.2. The van der Waals surface area contributed by atoms with Crippen LogP contribution < -0.4 is 0 Å². The predicted molar refractivity (Wildman–Crippen MR) is 88.4 cm³/mol. The first-order valence-corrected chi connectivity index (χ1v) is 8.10. The number of pyridine rings is 1. The van der Waals surface area contributed by atoms with Crippen LogP contribution in [0.15, 0.2) is 47.5 Å². The summed E-state index contributed by atoms with van der Waals surface area (Å²) in [6.07, 6.45) is 1.77. The van der Waals surface area contributed by atoms with Gasteiger partial charge in [-0.25, -0.2) is 0 Å². The molecule has 1 aromatic heterocycles. The molecule has 0 unspecified atom stereocenters.